The lowest BCUT2D eigenvalue weighted by molar-refractivity contribution is 0.561. The van der Waals surface area contributed by atoms with Crippen LogP contribution < -0.4 is 10.2 Å². The normalized spacial score (nSPS) is 19.6. The van der Waals surface area contributed by atoms with Gasteiger partial charge in [-0.15, -0.1) is 0 Å². The van der Waals surface area contributed by atoms with Crippen LogP contribution in [0, 0.1) is 6.92 Å². The summed E-state index contributed by atoms with van der Waals surface area (Å²) in [5.74, 6) is 0.724. The van der Waals surface area contributed by atoms with E-state index in [1.807, 2.05) is 13.0 Å². The van der Waals surface area contributed by atoms with E-state index in [1.165, 1.54) is 18.5 Å². The molecule has 1 fully saturated rings. The van der Waals surface area contributed by atoms with Crippen molar-refractivity contribution in [1.29, 1.82) is 0 Å². The van der Waals surface area contributed by atoms with Crippen molar-refractivity contribution in [2.24, 2.45) is 0 Å². The molecule has 18 heavy (non-hydrogen) atoms. The Kier molecular flexibility index (Phi) is 2.96. The van der Waals surface area contributed by atoms with Gasteiger partial charge in [-0.25, -0.2) is 4.98 Å². The first-order chi connectivity index (χ1) is 8.72. The van der Waals surface area contributed by atoms with Crippen molar-refractivity contribution < 1.29 is 4.42 Å². The van der Waals surface area contributed by atoms with E-state index in [0.717, 1.165) is 30.1 Å². The molecule has 1 aromatic carbocycles. The summed E-state index contributed by atoms with van der Waals surface area (Å²) in [5, 5.41) is 3.52. The van der Waals surface area contributed by atoms with Crippen LogP contribution in [0.2, 0.25) is 0 Å². The molecule has 0 bridgehead atoms. The molecule has 2 heterocycles. The second-order valence-electron chi connectivity index (χ2n) is 5.06. The number of likely N-dealkylation sites (N-methyl/N-ethyl adjacent to an activating group) is 1. The number of anilines is 1. The van der Waals surface area contributed by atoms with Crippen LogP contribution in [-0.4, -0.2) is 31.2 Å². The first-order valence-electron chi connectivity index (χ1n) is 6.54. The highest BCUT2D eigenvalue weighted by Crippen LogP contribution is 2.22. The summed E-state index contributed by atoms with van der Waals surface area (Å²) in [6.07, 6.45) is 2.57. The van der Waals surface area contributed by atoms with Crippen molar-refractivity contribution in [3.63, 3.8) is 0 Å². The number of rotatable bonds is 3. The lowest BCUT2D eigenvalue weighted by atomic mass is 10.2. The van der Waals surface area contributed by atoms with Gasteiger partial charge in [0.1, 0.15) is 5.52 Å². The predicted molar refractivity (Wildman–Crippen MR) is 73.0 cm³/mol. The van der Waals surface area contributed by atoms with Crippen LogP contribution in [0.4, 0.5) is 5.69 Å². The van der Waals surface area contributed by atoms with Crippen molar-refractivity contribution in [1.82, 2.24) is 10.3 Å². The number of fused-ring (bicyclic) bond motifs is 1. The highest BCUT2D eigenvalue weighted by atomic mass is 16.3. The molecule has 2 aromatic rings. The minimum Gasteiger partial charge on any atom is -0.441 e. The van der Waals surface area contributed by atoms with Crippen LogP contribution in [-0.2, 0) is 0 Å². The van der Waals surface area contributed by atoms with Crippen molar-refractivity contribution in [2.45, 2.75) is 25.8 Å². The smallest absolute Gasteiger partial charge is 0.192 e. The SMILES string of the molecule is Cc1nc2cc(N(C)CC3CCCN3)ccc2o1. The average molecular weight is 245 g/mol. The van der Waals surface area contributed by atoms with Gasteiger partial charge < -0.3 is 14.6 Å². The van der Waals surface area contributed by atoms with Crippen LogP contribution >= 0.6 is 0 Å². The van der Waals surface area contributed by atoms with E-state index in [9.17, 15) is 0 Å². The maximum atomic E-state index is 5.49. The van der Waals surface area contributed by atoms with E-state index >= 15 is 0 Å². The quantitative estimate of drug-likeness (QED) is 0.901. The molecule has 0 aliphatic carbocycles. The van der Waals surface area contributed by atoms with E-state index in [2.05, 4.69) is 34.4 Å². The van der Waals surface area contributed by atoms with E-state index in [4.69, 9.17) is 4.42 Å². The second-order valence-corrected chi connectivity index (χ2v) is 5.06. The maximum Gasteiger partial charge on any atom is 0.192 e. The zero-order chi connectivity index (χ0) is 12.5. The average Bonchev–Trinajstić information content (AvgIpc) is 2.95. The molecule has 0 spiro atoms. The summed E-state index contributed by atoms with van der Waals surface area (Å²) in [7, 11) is 2.13. The van der Waals surface area contributed by atoms with Gasteiger partial charge in [0.2, 0.25) is 0 Å². The molecule has 1 aliphatic heterocycles. The second kappa shape index (κ2) is 4.61. The fourth-order valence-corrected chi connectivity index (χ4v) is 2.62. The summed E-state index contributed by atoms with van der Waals surface area (Å²) in [6, 6.07) is 6.82. The molecule has 0 radical (unpaired) electrons. The molecule has 1 atom stereocenters. The van der Waals surface area contributed by atoms with E-state index in [1.54, 1.807) is 0 Å². The minimum absolute atomic E-state index is 0.616. The number of benzene rings is 1. The van der Waals surface area contributed by atoms with E-state index in [-0.39, 0.29) is 0 Å². The number of oxazole rings is 1. The van der Waals surface area contributed by atoms with Gasteiger partial charge in [-0.2, -0.15) is 0 Å². The van der Waals surface area contributed by atoms with Gasteiger partial charge in [0.15, 0.2) is 11.5 Å². The standard InChI is InChI=1S/C14H19N3O/c1-10-16-13-8-12(5-6-14(13)18-10)17(2)9-11-4-3-7-15-11/h5-6,8,11,15H,3-4,7,9H2,1-2H3. The number of hydrogen-bond donors (Lipinski definition) is 1. The van der Waals surface area contributed by atoms with Gasteiger partial charge in [-0.05, 0) is 37.6 Å². The Bertz CT molecular complexity index is 543. The molecule has 1 aromatic heterocycles. The van der Waals surface area contributed by atoms with E-state index < -0.39 is 0 Å². The number of hydrogen-bond acceptors (Lipinski definition) is 4. The van der Waals surface area contributed by atoms with Crippen molar-refractivity contribution >= 4 is 16.8 Å². The maximum absolute atomic E-state index is 5.49. The topological polar surface area (TPSA) is 41.3 Å². The molecule has 1 aliphatic rings. The molecule has 4 heteroatoms. The van der Waals surface area contributed by atoms with Crippen molar-refractivity contribution in [3.8, 4) is 0 Å². The third-order valence-electron chi connectivity index (χ3n) is 3.58. The van der Waals surface area contributed by atoms with Gasteiger partial charge in [-0.3, -0.25) is 0 Å². The largest absolute Gasteiger partial charge is 0.441 e. The monoisotopic (exact) mass is 245 g/mol. The zero-order valence-electron chi connectivity index (χ0n) is 10.9. The van der Waals surface area contributed by atoms with Crippen LogP contribution in [0.25, 0.3) is 11.1 Å². The lowest BCUT2D eigenvalue weighted by Gasteiger charge is -2.23. The molecule has 4 nitrogen and oxygen atoms in total. The van der Waals surface area contributed by atoms with Gasteiger partial charge in [-0.1, -0.05) is 0 Å². The van der Waals surface area contributed by atoms with Gasteiger partial charge >= 0.3 is 0 Å². The van der Waals surface area contributed by atoms with Crippen LogP contribution in [0.5, 0.6) is 0 Å². The van der Waals surface area contributed by atoms with Crippen molar-refractivity contribution in [2.75, 3.05) is 25.0 Å². The third kappa shape index (κ3) is 2.20. The number of aromatic nitrogens is 1. The molecule has 1 saturated heterocycles. The Morgan fingerprint density at radius 1 is 1.50 bits per heavy atom. The Labute approximate surface area is 107 Å². The fourth-order valence-electron chi connectivity index (χ4n) is 2.62. The molecule has 3 rings (SSSR count). The van der Waals surface area contributed by atoms with Crippen LogP contribution in [0.15, 0.2) is 22.6 Å². The Morgan fingerprint density at radius 3 is 3.17 bits per heavy atom. The number of nitrogens with one attached hydrogen (secondary N) is 1. The first-order valence-corrected chi connectivity index (χ1v) is 6.54. The highest BCUT2D eigenvalue weighted by molar-refractivity contribution is 5.77. The highest BCUT2D eigenvalue weighted by Gasteiger charge is 2.16. The summed E-state index contributed by atoms with van der Waals surface area (Å²) in [4.78, 5) is 6.66. The molecule has 1 N–H and O–H groups in total. The number of aryl methyl sites for hydroxylation is 1. The van der Waals surface area contributed by atoms with Gasteiger partial charge in [0.25, 0.3) is 0 Å². The van der Waals surface area contributed by atoms with Crippen LogP contribution in [0.3, 0.4) is 0 Å². The lowest BCUT2D eigenvalue weighted by Crippen LogP contribution is -2.35. The molecular formula is C14H19N3O. The summed E-state index contributed by atoms with van der Waals surface area (Å²) in [5.41, 5.74) is 3.00. The van der Waals surface area contributed by atoms with Crippen molar-refractivity contribution in [3.05, 3.63) is 24.1 Å². The Balaban J connectivity index is 1.79. The minimum atomic E-state index is 0.616. The first kappa shape index (κ1) is 11.5. The molecule has 96 valence electrons. The van der Waals surface area contributed by atoms with E-state index in [0.29, 0.717) is 6.04 Å². The Hall–Kier alpha value is -1.55. The van der Waals surface area contributed by atoms with Crippen LogP contribution in [0.1, 0.15) is 18.7 Å². The summed E-state index contributed by atoms with van der Waals surface area (Å²) in [6.45, 7) is 4.08. The predicted octanol–water partition coefficient (Wildman–Crippen LogP) is 2.32. The molecular weight excluding hydrogens is 226 g/mol. The summed E-state index contributed by atoms with van der Waals surface area (Å²) >= 11 is 0. The Morgan fingerprint density at radius 2 is 2.39 bits per heavy atom. The number of nitrogens with zero attached hydrogens (tertiary/aromatic N) is 2. The summed E-state index contributed by atoms with van der Waals surface area (Å²) < 4.78 is 5.49. The molecule has 0 amide bonds. The zero-order valence-corrected chi connectivity index (χ0v) is 10.9. The molecule has 0 saturated carbocycles. The van der Waals surface area contributed by atoms with Gasteiger partial charge in [0, 0.05) is 32.2 Å². The molecule has 1 unspecified atom stereocenters. The third-order valence-corrected chi connectivity index (χ3v) is 3.58. The fraction of sp³-hybridized carbons (Fsp3) is 0.500. The van der Waals surface area contributed by atoms with Gasteiger partial charge in [0.05, 0.1) is 0 Å².